The highest BCUT2D eigenvalue weighted by atomic mass is 16.6. The van der Waals surface area contributed by atoms with Gasteiger partial charge in [0, 0.05) is 6.20 Å². The number of primary amides is 1. The minimum Gasteiger partial charge on any atom is -0.394 e. The van der Waals surface area contributed by atoms with Crippen LogP contribution in [-0.2, 0) is 16.0 Å². The van der Waals surface area contributed by atoms with Gasteiger partial charge in [0.25, 0.3) is 5.95 Å². The Hall–Kier alpha value is -3.13. The molecule has 0 aromatic carbocycles. The number of anilines is 1. The molecule has 13 nitrogen and oxygen atoms in total. The molecule has 0 radical (unpaired) electrons. The lowest BCUT2D eigenvalue weighted by molar-refractivity contribution is -0.117. The third-order valence-corrected chi connectivity index (χ3v) is 4.45. The fraction of sp³-hybridized carbons (Fsp3) is 0.400. The van der Waals surface area contributed by atoms with Gasteiger partial charge >= 0.3 is 0 Å². The summed E-state index contributed by atoms with van der Waals surface area (Å²) in [6.45, 7) is -0.459. The largest absolute Gasteiger partial charge is 0.394 e. The van der Waals surface area contributed by atoms with Crippen molar-refractivity contribution in [2.24, 2.45) is 5.73 Å². The summed E-state index contributed by atoms with van der Waals surface area (Å²) in [5.41, 5.74) is 12.2. The van der Waals surface area contributed by atoms with Crippen molar-refractivity contribution in [1.82, 2.24) is 29.3 Å². The smallest absolute Gasteiger partial charge is 0.254 e. The molecule has 0 spiro atoms. The summed E-state index contributed by atoms with van der Waals surface area (Å²) in [5.74, 6) is -0.329. The van der Waals surface area contributed by atoms with Crippen LogP contribution in [0.2, 0.25) is 0 Å². The number of carbonyl (C=O) groups excluding carboxylic acids is 1. The molecule has 4 rings (SSSR count). The highest BCUT2D eigenvalue weighted by Crippen LogP contribution is 2.32. The number of rotatable bonds is 5. The Labute approximate surface area is 157 Å². The topological polar surface area (TPSA) is 200 Å². The molecule has 7 N–H and O–H groups in total. The minimum absolute atomic E-state index is 0.0121. The number of hydrogen-bond donors (Lipinski definition) is 5. The van der Waals surface area contributed by atoms with Crippen molar-refractivity contribution >= 4 is 22.9 Å². The fourth-order valence-electron chi connectivity index (χ4n) is 3.09. The number of aliphatic hydroxyl groups excluding tert-OH is 3. The van der Waals surface area contributed by atoms with E-state index < -0.39 is 37.1 Å². The number of nitrogens with two attached hydrogens (primary N) is 2. The lowest BCUT2D eigenvalue weighted by Crippen LogP contribution is -2.33. The van der Waals surface area contributed by atoms with E-state index in [2.05, 4.69) is 20.1 Å². The molecule has 4 atom stereocenters. The zero-order valence-corrected chi connectivity index (χ0v) is 14.5. The first kappa shape index (κ1) is 18.2. The second-order valence-corrected chi connectivity index (χ2v) is 6.40. The Kier molecular flexibility index (Phi) is 4.43. The van der Waals surface area contributed by atoms with Crippen molar-refractivity contribution in [3.8, 4) is 5.95 Å². The van der Waals surface area contributed by atoms with Crippen molar-refractivity contribution < 1.29 is 24.9 Å². The summed E-state index contributed by atoms with van der Waals surface area (Å²) in [4.78, 5) is 23.7. The number of nitrogens with zero attached hydrogens (tertiary/aromatic N) is 6. The number of hydrogen-bond acceptors (Lipinski definition) is 10. The van der Waals surface area contributed by atoms with Gasteiger partial charge in [0.15, 0.2) is 17.7 Å². The van der Waals surface area contributed by atoms with E-state index in [0.717, 1.165) is 0 Å². The van der Waals surface area contributed by atoms with Crippen molar-refractivity contribution in [2.45, 2.75) is 31.0 Å². The minimum atomic E-state index is -1.30. The first-order chi connectivity index (χ1) is 13.4. The van der Waals surface area contributed by atoms with E-state index in [-0.39, 0.29) is 29.4 Å². The molecule has 1 aliphatic rings. The number of fused-ring (bicyclic) bond motifs is 1. The highest BCUT2D eigenvalue weighted by molar-refractivity contribution is 5.82. The monoisotopic (exact) mass is 390 g/mol. The highest BCUT2D eigenvalue weighted by Gasteiger charge is 2.44. The second-order valence-electron chi connectivity index (χ2n) is 6.40. The maximum Gasteiger partial charge on any atom is 0.254 e. The molecule has 3 aromatic rings. The molecule has 1 saturated heterocycles. The van der Waals surface area contributed by atoms with Crippen molar-refractivity contribution in [3.05, 3.63) is 24.3 Å². The van der Waals surface area contributed by atoms with Crippen LogP contribution in [0.3, 0.4) is 0 Å². The number of aliphatic hydroxyl groups is 3. The molecular weight excluding hydrogens is 372 g/mol. The van der Waals surface area contributed by atoms with Gasteiger partial charge in [0.1, 0.15) is 23.8 Å². The molecule has 0 saturated carbocycles. The Balaban J connectivity index is 1.75. The van der Waals surface area contributed by atoms with Crippen LogP contribution in [-0.4, -0.2) is 75.4 Å². The van der Waals surface area contributed by atoms with E-state index in [1.165, 1.54) is 21.8 Å². The lowest BCUT2D eigenvalue weighted by atomic mass is 10.1. The number of ether oxygens (including phenoxy) is 1. The molecule has 1 fully saturated rings. The van der Waals surface area contributed by atoms with Crippen molar-refractivity contribution in [3.63, 3.8) is 0 Å². The van der Waals surface area contributed by atoms with Gasteiger partial charge < -0.3 is 31.5 Å². The molecule has 0 bridgehead atoms. The Morgan fingerprint density at radius 2 is 2.07 bits per heavy atom. The molecule has 28 heavy (non-hydrogen) atoms. The van der Waals surface area contributed by atoms with Crippen LogP contribution in [0.5, 0.6) is 0 Å². The molecule has 0 aliphatic carbocycles. The lowest BCUT2D eigenvalue weighted by Gasteiger charge is -2.16. The molecule has 0 unspecified atom stereocenters. The molecule has 1 amide bonds. The van der Waals surface area contributed by atoms with Gasteiger partial charge in [-0.25, -0.2) is 9.67 Å². The van der Waals surface area contributed by atoms with E-state index in [1.807, 2.05) is 0 Å². The summed E-state index contributed by atoms with van der Waals surface area (Å²) in [7, 11) is 0. The average Bonchev–Trinajstić information content (AvgIpc) is 3.34. The predicted octanol–water partition coefficient (Wildman–Crippen LogP) is -2.77. The van der Waals surface area contributed by atoms with Gasteiger partial charge in [0.2, 0.25) is 5.91 Å². The third-order valence-electron chi connectivity index (χ3n) is 4.45. The zero-order valence-electron chi connectivity index (χ0n) is 14.5. The van der Waals surface area contributed by atoms with Gasteiger partial charge in [-0.1, -0.05) is 0 Å². The van der Waals surface area contributed by atoms with Gasteiger partial charge in [-0.15, -0.1) is 0 Å². The fourth-order valence-corrected chi connectivity index (χ4v) is 3.09. The second kappa shape index (κ2) is 6.79. The first-order valence-corrected chi connectivity index (χ1v) is 8.33. The SMILES string of the molecule is NC(=O)Cc1cnn(-c2nc(N)c3ncn([C@@H]4O[C@H](CO)[C@@H](O)[C@H]4O)c3n2)c1. The first-order valence-electron chi connectivity index (χ1n) is 8.33. The van der Waals surface area contributed by atoms with Gasteiger partial charge in [-0.2, -0.15) is 15.1 Å². The van der Waals surface area contributed by atoms with Gasteiger partial charge in [-0.3, -0.25) is 9.36 Å². The number of imidazole rings is 1. The summed E-state index contributed by atoms with van der Waals surface area (Å²) in [5, 5.41) is 33.6. The Morgan fingerprint density at radius 1 is 1.29 bits per heavy atom. The molecule has 148 valence electrons. The Bertz CT molecular complexity index is 1030. The van der Waals surface area contributed by atoms with Gasteiger partial charge in [-0.05, 0) is 5.56 Å². The van der Waals surface area contributed by atoms with Crippen LogP contribution in [0.25, 0.3) is 17.1 Å². The number of amides is 1. The van der Waals surface area contributed by atoms with Crippen LogP contribution in [0, 0.1) is 0 Å². The molecule has 1 aliphatic heterocycles. The predicted molar refractivity (Wildman–Crippen MR) is 92.8 cm³/mol. The third kappa shape index (κ3) is 2.95. The van der Waals surface area contributed by atoms with Crippen LogP contribution in [0.4, 0.5) is 5.82 Å². The molecular formula is C15H18N8O5. The van der Waals surface area contributed by atoms with Crippen LogP contribution in [0.15, 0.2) is 18.7 Å². The van der Waals surface area contributed by atoms with E-state index in [1.54, 1.807) is 6.20 Å². The number of nitrogen functional groups attached to an aromatic ring is 1. The molecule has 4 heterocycles. The summed E-state index contributed by atoms with van der Waals surface area (Å²) in [6.07, 6.45) is -0.189. The van der Waals surface area contributed by atoms with Crippen LogP contribution < -0.4 is 11.5 Å². The quantitative estimate of drug-likeness (QED) is 0.304. The molecule has 3 aromatic heterocycles. The maximum absolute atomic E-state index is 11.1. The van der Waals surface area contributed by atoms with Crippen LogP contribution >= 0.6 is 0 Å². The van der Waals surface area contributed by atoms with Crippen molar-refractivity contribution in [1.29, 1.82) is 0 Å². The summed E-state index contributed by atoms with van der Waals surface area (Å²) in [6, 6.07) is 0. The van der Waals surface area contributed by atoms with Crippen molar-refractivity contribution in [2.75, 3.05) is 12.3 Å². The van der Waals surface area contributed by atoms with E-state index >= 15 is 0 Å². The normalized spacial score (nSPS) is 24.8. The standard InChI is InChI=1S/C15H18N8O5/c16-8(25)1-6-2-19-23(3-6)15-20-12(17)9-13(21-15)22(5-18-9)14-11(27)10(26)7(4-24)28-14/h2-3,5,7,10-11,14,24,26-27H,1,4H2,(H2,16,25)(H2,17,20,21)/t7-,10-,11-,14-/m1/s1. The zero-order chi connectivity index (χ0) is 20.0. The maximum atomic E-state index is 11.1. The average molecular weight is 390 g/mol. The summed E-state index contributed by atoms with van der Waals surface area (Å²) >= 11 is 0. The van der Waals surface area contributed by atoms with Crippen LogP contribution in [0.1, 0.15) is 11.8 Å². The van der Waals surface area contributed by atoms with E-state index in [0.29, 0.717) is 5.56 Å². The number of carbonyl (C=O) groups is 1. The summed E-state index contributed by atoms with van der Waals surface area (Å²) < 4.78 is 8.24. The van der Waals surface area contributed by atoms with E-state index in [4.69, 9.17) is 16.2 Å². The number of aromatic nitrogens is 6. The van der Waals surface area contributed by atoms with Gasteiger partial charge in [0.05, 0.1) is 25.6 Å². The molecule has 13 heteroatoms. The Morgan fingerprint density at radius 3 is 2.75 bits per heavy atom. The van der Waals surface area contributed by atoms with E-state index in [9.17, 15) is 20.1 Å².